The van der Waals surface area contributed by atoms with Crippen LogP contribution in [0.1, 0.15) is 50.4 Å². The molecule has 1 aromatic rings. The van der Waals surface area contributed by atoms with Crippen LogP contribution in [0.3, 0.4) is 0 Å². The molecule has 3 rings (SSSR count). The summed E-state index contributed by atoms with van der Waals surface area (Å²) in [6.45, 7) is 3.50. The summed E-state index contributed by atoms with van der Waals surface area (Å²) >= 11 is 0. The van der Waals surface area contributed by atoms with E-state index in [1.54, 1.807) is 0 Å². The van der Waals surface area contributed by atoms with Gasteiger partial charge in [-0.05, 0) is 38.1 Å². The molecule has 2 fully saturated rings. The van der Waals surface area contributed by atoms with Crippen LogP contribution in [0.4, 0.5) is 0 Å². The van der Waals surface area contributed by atoms with Gasteiger partial charge in [-0.3, -0.25) is 0 Å². The standard InChI is InChI=1S/C12H19N3/c1-9-5-10(6-9)15-8-13-7-12(15)11-3-2-4-14-11/h7-11,14H,2-6H2,1H3/t9?,10?,11-/m0/s1. The Kier molecular flexibility index (Phi) is 2.28. The maximum absolute atomic E-state index is 4.32. The second-order valence-electron chi connectivity index (χ2n) is 5.11. The smallest absolute Gasteiger partial charge is 0.0951 e. The van der Waals surface area contributed by atoms with Gasteiger partial charge in [-0.2, -0.15) is 0 Å². The highest BCUT2D eigenvalue weighted by molar-refractivity contribution is 5.09. The molecule has 0 bridgehead atoms. The van der Waals surface area contributed by atoms with E-state index in [2.05, 4.69) is 21.8 Å². The quantitative estimate of drug-likeness (QED) is 0.802. The van der Waals surface area contributed by atoms with Crippen molar-refractivity contribution < 1.29 is 0 Å². The molecule has 0 aromatic carbocycles. The van der Waals surface area contributed by atoms with Gasteiger partial charge in [-0.15, -0.1) is 0 Å². The largest absolute Gasteiger partial charge is 0.330 e. The van der Waals surface area contributed by atoms with Crippen LogP contribution in [-0.2, 0) is 0 Å². The molecule has 1 N–H and O–H groups in total. The zero-order valence-corrected chi connectivity index (χ0v) is 9.32. The molecule has 2 aliphatic rings. The van der Waals surface area contributed by atoms with Crippen molar-refractivity contribution in [1.82, 2.24) is 14.9 Å². The fourth-order valence-electron chi connectivity index (χ4n) is 2.91. The monoisotopic (exact) mass is 205 g/mol. The van der Waals surface area contributed by atoms with Crippen molar-refractivity contribution in [3.05, 3.63) is 18.2 Å². The molecule has 3 nitrogen and oxygen atoms in total. The third kappa shape index (κ3) is 1.59. The molecular formula is C12H19N3. The second-order valence-corrected chi connectivity index (χ2v) is 5.11. The predicted molar refractivity (Wildman–Crippen MR) is 59.6 cm³/mol. The summed E-state index contributed by atoms with van der Waals surface area (Å²) in [5, 5.41) is 3.55. The summed E-state index contributed by atoms with van der Waals surface area (Å²) in [4.78, 5) is 4.32. The van der Waals surface area contributed by atoms with Gasteiger partial charge in [0.1, 0.15) is 0 Å². The predicted octanol–water partition coefficient (Wildman–Crippen LogP) is 2.28. The normalized spacial score (nSPS) is 35.4. The third-order valence-corrected chi connectivity index (χ3v) is 3.86. The number of nitrogens with zero attached hydrogens (tertiary/aromatic N) is 2. The molecule has 82 valence electrons. The Hall–Kier alpha value is -0.830. The topological polar surface area (TPSA) is 29.9 Å². The summed E-state index contributed by atoms with van der Waals surface area (Å²) in [5.74, 6) is 0.904. The average molecular weight is 205 g/mol. The molecular weight excluding hydrogens is 186 g/mol. The third-order valence-electron chi connectivity index (χ3n) is 3.86. The zero-order chi connectivity index (χ0) is 10.3. The molecule has 3 heteroatoms. The van der Waals surface area contributed by atoms with E-state index in [4.69, 9.17) is 0 Å². The molecule has 1 atom stereocenters. The van der Waals surface area contributed by atoms with Gasteiger partial charge in [0, 0.05) is 18.3 Å². The Bertz CT molecular complexity index is 332. The number of aromatic nitrogens is 2. The maximum Gasteiger partial charge on any atom is 0.0951 e. The van der Waals surface area contributed by atoms with Gasteiger partial charge >= 0.3 is 0 Å². The number of hydrogen-bond acceptors (Lipinski definition) is 2. The van der Waals surface area contributed by atoms with Gasteiger partial charge in [0.2, 0.25) is 0 Å². The van der Waals surface area contributed by atoms with Crippen molar-refractivity contribution in [2.24, 2.45) is 5.92 Å². The number of imidazole rings is 1. The number of hydrogen-bond donors (Lipinski definition) is 1. The summed E-state index contributed by atoms with van der Waals surface area (Å²) in [5.41, 5.74) is 1.41. The van der Waals surface area contributed by atoms with E-state index < -0.39 is 0 Å². The summed E-state index contributed by atoms with van der Waals surface area (Å²) in [6, 6.07) is 1.28. The molecule has 2 heterocycles. The van der Waals surface area contributed by atoms with E-state index in [1.165, 1.54) is 31.4 Å². The lowest BCUT2D eigenvalue weighted by Crippen LogP contribution is -2.27. The molecule has 1 aliphatic carbocycles. The van der Waals surface area contributed by atoms with Crippen LogP contribution in [-0.4, -0.2) is 16.1 Å². The first-order chi connectivity index (χ1) is 7.34. The molecule has 0 amide bonds. The molecule has 0 spiro atoms. The van der Waals surface area contributed by atoms with Crippen molar-refractivity contribution in [1.29, 1.82) is 0 Å². The van der Waals surface area contributed by atoms with Crippen molar-refractivity contribution in [3.63, 3.8) is 0 Å². The molecule has 0 radical (unpaired) electrons. The fourth-order valence-corrected chi connectivity index (χ4v) is 2.91. The lowest BCUT2D eigenvalue weighted by molar-refractivity contribution is 0.209. The van der Waals surface area contributed by atoms with Gasteiger partial charge in [-0.25, -0.2) is 4.98 Å². The highest BCUT2D eigenvalue weighted by Crippen LogP contribution is 2.39. The summed E-state index contributed by atoms with van der Waals surface area (Å²) in [6.07, 6.45) is 9.30. The minimum absolute atomic E-state index is 0.559. The Morgan fingerprint density at radius 2 is 2.33 bits per heavy atom. The highest BCUT2D eigenvalue weighted by Gasteiger charge is 2.30. The van der Waals surface area contributed by atoms with Gasteiger partial charge in [0.05, 0.1) is 12.0 Å². The molecule has 1 aliphatic heterocycles. The minimum atomic E-state index is 0.559. The van der Waals surface area contributed by atoms with Gasteiger partial charge < -0.3 is 9.88 Å². The van der Waals surface area contributed by atoms with E-state index in [1.807, 2.05) is 12.5 Å². The van der Waals surface area contributed by atoms with E-state index in [9.17, 15) is 0 Å². The first-order valence-corrected chi connectivity index (χ1v) is 6.09. The molecule has 1 saturated carbocycles. The Balaban J connectivity index is 1.79. The minimum Gasteiger partial charge on any atom is -0.330 e. The van der Waals surface area contributed by atoms with Crippen LogP contribution in [0.15, 0.2) is 12.5 Å². The molecule has 1 aromatic heterocycles. The average Bonchev–Trinajstić information content (AvgIpc) is 2.82. The van der Waals surface area contributed by atoms with Gasteiger partial charge in [0.15, 0.2) is 0 Å². The van der Waals surface area contributed by atoms with E-state index in [0.29, 0.717) is 6.04 Å². The van der Waals surface area contributed by atoms with Crippen molar-refractivity contribution in [2.45, 2.75) is 44.7 Å². The Morgan fingerprint density at radius 3 is 3.00 bits per heavy atom. The summed E-state index contributed by atoms with van der Waals surface area (Å²) < 4.78 is 2.41. The Morgan fingerprint density at radius 1 is 1.47 bits per heavy atom. The molecule has 1 saturated heterocycles. The second kappa shape index (κ2) is 3.63. The van der Waals surface area contributed by atoms with Crippen LogP contribution < -0.4 is 5.32 Å². The number of rotatable bonds is 2. The highest BCUT2D eigenvalue weighted by atomic mass is 15.1. The maximum atomic E-state index is 4.32. The first kappa shape index (κ1) is 9.40. The fraction of sp³-hybridized carbons (Fsp3) is 0.750. The number of nitrogens with one attached hydrogen (secondary N) is 1. The van der Waals surface area contributed by atoms with Crippen LogP contribution >= 0.6 is 0 Å². The van der Waals surface area contributed by atoms with Gasteiger partial charge in [0.25, 0.3) is 0 Å². The summed E-state index contributed by atoms with van der Waals surface area (Å²) in [7, 11) is 0. The lowest BCUT2D eigenvalue weighted by Gasteiger charge is -2.35. The van der Waals surface area contributed by atoms with Crippen LogP contribution in [0, 0.1) is 5.92 Å². The Labute approximate surface area is 90.9 Å². The molecule has 0 unspecified atom stereocenters. The van der Waals surface area contributed by atoms with E-state index >= 15 is 0 Å². The zero-order valence-electron chi connectivity index (χ0n) is 9.32. The first-order valence-electron chi connectivity index (χ1n) is 6.09. The van der Waals surface area contributed by atoms with Crippen molar-refractivity contribution in [3.8, 4) is 0 Å². The van der Waals surface area contributed by atoms with Crippen LogP contribution in [0.2, 0.25) is 0 Å². The van der Waals surface area contributed by atoms with Crippen molar-refractivity contribution >= 4 is 0 Å². The van der Waals surface area contributed by atoms with Crippen LogP contribution in [0.25, 0.3) is 0 Å². The van der Waals surface area contributed by atoms with Crippen LogP contribution in [0.5, 0.6) is 0 Å². The lowest BCUT2D eigenvalue weighted by atomic mass is 9.81. The SMILES string of the molecule is CC1CC(n2cncc2[C@@H]2CCCN2)C1. The van der Waals surface area contributed by atoms with Crippen molar-refractivity contribution in [2.75, 3.05) is 6.54 Å². The van der Waals surface area contributed by atoms with E-state index in [-0.39, 0.29) is 0 Å². The van der Waals surface area contributed by atoms with E-state index in [0.717, 1.165) is 18.5 Å². The van der Waals surface area contributed by atoms with Gasteiger partial charge in [-0.1, -0.05) is 6.92 Å². The molecule has 15 heavy (non-hydrogen) atoms.